The van der Waals surface area contributed by atoms with Gasteiger partial charge in [-0.15, -0.1) is 0 Å². The normalized spacial score (nSPS) is 11.0. The minimum atomic E-state index is -0.904. The molecule has 0 aliphatic rings. The molecular formula is C15H11NO7. The third-order valence-electron chi connectivity index (χ3n) is 3.40. The van der Waals surface area contributed by atoms with Crippen LogP contribution in [-0.4, -0.2) is 35.6 Å². The maximum absolute atomic E-state index is 12.2. The highest BCUT2D eigenvalue weighted by molar-refractivity contribution is 5.90. The van der Waals surface area contributed by atoms with Crippen LogP contribution in [0.5, 0.6) is 34.5 Å². The number of phenols is 5. The first kappa shape index (κ1) is 14.4. The number of aromatic amines is 1. The van der Waals surface area contributed by atoms with E-state index in [0.717, 1.165) is 18.2 Å². The number of fused-ring (bicyclic) bond motifs is 1. The maximum atomic E-state index is 12.2. The molecule has 0 atom stereocenters. The molecule has 0 unspecified atom stereocenters. The smallest absolute Gasteiger partial charge is 0.235 e. The number of pyridine rings is 1. The van der Waals surface area contributed by atoms with Crippen molar-refractivity contribution in [3.05, 3.63) is 34.5 Å². The molecule has 0 fully saturated rings. The van der Waals surface area contributed by atoms with Crippen molar-refractivity contribution in [2.45, 2.75) is 0 Å². The van der Waals surface area contributed by atoms with Gasteiger partial charge in [0, 0.05) is 17.7 Å². The minimum Gasteiger partial charge on any atom is -0.508 e. The van der Waals surface area contributed by atoms with Gasteiger partial charge in [0.1, 0.15) is 11.5 Å². The first-order chi connectivity index (χ1) is 10.8. The topological polar surface area (TPSA) is 154 Å². The van der Waals surface area contributed by atoms with Crippen LogP contribution < -0.4 is 5.43 Å². The fraction of sp³-hybridized carbons (Fsp3) is 0. The van der Waals surface area contributed by atoms with Crippen molar-refractivity contribution in [1.29, 1.82) is 0 Å². The number of benzene rings is 2. The van der Waals surface area contributed by atoms with Crippen LogP contribution in [0.4, 0.5) is 0 Å². The second kappa shape index (κ2) is 4.73. The number of phenolic OH excluding ortho intramolecular Hbond substituents is 5. The van der Waals surface area contributed by atoms with Gasteiger partial charge < -0.3 is 35.6 Å². The zero-order valence-corrected chi connectivity index (χ0v) is 11.4. The van der Waals surface area contributed by atoms with E-state index in [0.29, 0.717) is 0 Å². The van der Waals surface area contributed by atoms with Gasteiger partial charge in [-0.1, -0.05) is 0 Å². The van der Waals surface area contributed by atoms with Crippen LogP contribution in [0.25, 0.3) is 22.2 Å². The molecule has 8 nitrogen and oxygen atoms in total. The standard InChI is InChI=1S/C15H11NO7/c17-6-3-7-11(8(18)4-6)14(22)15(23)12(16-7)5-1-9(19)13(21)10(20)2-5/h1-4,17-21,23H,(H,16,22). The molecule has 0 amide bonds. The Bertz CT molecular complexity index is 984. The fourth-order valence-electron chi connectivity index (χ4n) is 2.33. The highest BCUT2D eigenvalue weighted by Crippen LogP contribution is 2.40. The summed E-state index contributed by atoms with van der Waals surface area (Å²) < 4.78 is 0. The third kappa shape index (κ3) is 2.13. The highest BCUT2D eigenvalue weighted by atomic mass is 16.3. The Morgan fingerprint density at radius 1 is 0.739 bits per heavy atom. The van der Waals surface area contributed by atoms with E-state index >= 15 is 0 Å². The lowest BCUT2D eigenvalue weighted by molar-refractivity contribution is 0.368. The third-order valence-corrected chi connectivity index (χ3v) is 3.40. The van der Waals surface area contributed by atoms with Crippen LogP contribution in [0.15, 0.2) is 29.1 Å². The van der Waals surface area contributed by atoms with Crippen LogP contribution in [0.3, 0.4) is 0 Å². The number of aromatic nitrogens is 1. The molecule has 118 valence electrons. The Labute approximate surface area is 127 Å². The average molecular weight is 317 g/mol. The lowest BCUT2D eigenvalue weighted by Gasteiger charge is -2.10. The summed E-state index contributed by atoms with van der Waals surface area (Å²) in [5, 5.41) is 57.5. The summed E-state index contributed by atoms with van der Waals surface area (Å²) in [6.07, 6.45) is 0. The summed E-state index contributed by atoms with van der Waals surface area (Å²) in [5.41, 5.74) is -1.03. The van der Waals surface area contributed by atoms with Crippen LogP contribution in [0.2, 0.25) is 0 Å². The summed E-state index contributed by atoms with van der Waals surface area (Å²) in [6.45, 7) is 0. The van der Waals surface area contributed by atoms with Crippen molar-refractivity contribution in [3.63, 3.8) is 0 Å². The molecule has 1 heterocycles. The number of nitrogens with one attached hydrogen (secondary N) is 1. The molecule has 0 saturated carbocycles. The maximum Gasteiger partial charge on any atom is 0.235 e. The average Bonchev–Trinajstić information content (AvgIpc) is 2.47. The van der Waals surface area contributed by atoms with E-state index in [1.807, 2.05) is 0 Å². The molecule has 0 aliphatic carbocycles. The molecule has 0 spiro atoms. The van der Waals surface area contributed by atoms with Gasteiger partial charge in [-0.2, -0.15) is 0 Å². The number of aromatic hydroxyl groups is 6. The van der Waals surface area contributed by atoms with Gasteiger partial charge in [-0.3, -0.25) is 4.79 Å². The molecule has 0 bridgehead atoms. The second-order valence-electron chi connectivity index (χ2n) is 4.93. The Balaban J connectivity index is 2.40. The summed E-state index contributed by atoms with van der Waals surface area (Å²) in [5.74, 6) is -3.63. The number of hydrogen-bond donors (Lipinski definition) is 7. The fourth-order valence-corrected chi connectivity index (χ4v) is 2.33. The van der Waals surface area contributed by atoms with Gasteiger partial charge in [0.25, 0.3) is 0 Å². The predicted octanol–water partition coefficient (Wildman–Crippen LogP) is 1.43. The van der Waals surface area contributed by atoms with Crippen molar-refractivity contribution < 1.29 is 30.6 Å². The summed E-state index contributed by atoms with van der Waals surface area (Å²) in [7, 11) is 0. The molecule has 0 aliphatic heterocycles. The first-order valence-corrected chi connectivity index (χ1v) is 6.36. The number of H-pyrrole nitrogens is 1. The van der Waals surface area contributed by atoms with E-state index in [4.69, 9.17) is 0 Å². The molecule has 2 aromatic carbocycles. The van der Waals surface area contributed by atoms with Crippen LogP contribution >= 0.6 is 0 Å². The van der Waals surface area contributed by atoms with Gasteiger partial charge in [-0.05, 0) is 12.1 Å². The van der Waals surface area contributed by atoms with Gasteiger partial charge in [0.2, 0.25) is 5.43 Å². The van der Waals surface area contributed by atoms with Gasteiger partial charge in [-0.25, -0.2) is 0 Å². The van der Waals surface area contributed by atoms with E-state index in [1.165, 1.54) is 6.07 Å². The Morgan fingerprint density at radius 3 is 1.96 bits per heavy atom. The zero-order chi connectivity index (χ0) is 16.9. The number of hydrogen-bond acceptors (Lipinski definition) is 7. The molecule has 1 aromatic heterocycles. The molecule has 0 radical (unpaired) electrons. The molecule has 3 rings (SSSR count). The van der Waals surface area contributed by atoms with Crippen molar-refractivity contribution in [2.75, 3.05) is 0 Å². The SMILES string of the molecule is O=c1c(O)c(-c2cc(O)c(O)c(O)c2)[nH]c2cc(O)cc(O)c12. The van der Waals surface area contributed by atoms with Crippen LogP contribution in [-0.2, 0) is 0 Å². The summed E-state index contributed by atoms with van der Waals surface area (Å²) in [4.78, 5) is 14.8. The highest BCUT2D eigenvalue weighted by Gasteiger charge is 2.18. The van der Waals surface area contributed by atoms with E-state index < -0.39 is 34.2 Å². The van der Waals surface area contributed by atoms with E-state index in [1.54, 1.807) is 0 Å². The molecule has 7 N–H and O–H groups in total. The molecule has 8 heteroatoms. The van der Waals surface area contributed by atoms with E-state index in [2.05, 4.69) is 4.98 Å². The summed E-state index contributed by atoms with van der Waals surface area (Å²) in [6, 6.07) is 4.16. The van der Waals surface area contributed by atoms with E-state index in [-0.39, 0.29) is 27.9 Å². The Hall–Kier alpha value is -3.55. The lowest BCUT2D eigenvalue weighted by Crippen LogP contribution is -2.05. The minimum absolute atomic E-state index is 0.0112. The summed E-state index contributed by atoms with van der Waals surface area (Å²) >= 11 is 0. The Kier molecular flexibility index (Phi) is 2.96. The van der Waals surface area contributed by atoms with Crippen molar-refractivity contribution in [2.24, 2.45) is 0 Å². The largest absolute Gasteiger partial charge is 0.508 e. The monoisotopic (exact) mass is 317 g/mol. The van der Waals surface area contributed by atoms with E-state index in [9.17, 15) is 35.4 Å². The molecular weight excluding hydrogens is 306 g/mol. The lowest BCUT2D eigenvalue weighted by atomic mass is 10.1. The molecule has 0 saturated heterocycles. The van der Waals surface area contributed by atoms with Crippen LogP contribution in [0, 0.1) is 0 Å². The van der Waals surface area contributed by atoms with Crippen molar-refractivity contribution in [3.8, 4) is 45.8 Å². The van der Waals surface area contributed by atoms with Crippen molar-refractivity contribution >= 4 is 10.9 Å². The van der Waals surface area contributed by atoms with Gasteiger partial charge in [0.15, 0.2) is 23.0 Å². The number of rotatable bonds is 1. The molecule has 3 aromatic rings. The van der Waals surface area contributed by atoms with Gasteiger partial charge in [0.05, 0.1) is 16.6 Å². The van der Waals surface area contributed by atoms with Crippen molar-refractivity contribution in [1.82, 2.24) is 4.98 Å². The second-order valence-corrected chi connectivity index (χ2v) is 4.93. The van der Waals surface area contributed by atoms with Gasteiger partial charge >= 0.3 is 0 Å². The van der Waals surface area contributed by atoms with Crippen LogP contribution in [0.1, 0.15) is 0 Å². The predicted molar refractivity (Wildman–Crippen MR) is 80.0 cm³/mol. The zero-order valence-electron chi connectivity index (χ0n) is 11.4. The quantitative estimate of drug-likeness (QED) is 0.335. The molecule has 23 heavy (non-hydrogen) atoms. The first-order valence-electron chi connectivity index (χ1n) is 6.36. The Morgan fingerprint density at radius 2 is 1.35 bits per heavy atom.